The molecule has 1 aromatic rings. The SMILES string of the molecule is Cc1cc(OC[C@@]2(O)CN(C3CCC3)CC[C@@H]2O)ccc1F. The Kier molecular flexibility index (Phi) is 4.39. The molecule has 1 heterocycles. The summed E-state index contributed by atoms with van der Waals surface area (Å²) in [5, 5.41) is 21.0. The van der Waals surface area contributed by atoms with Crippen LogP contribution in [0.3, 0.4) is 0 Å². The lowest BCUT2D eigenvalue weighted by Gasteiger charge is -2.47. The number of ether oxygens (including phenoxy) is 1. The van der Waals surface area contributed by atoms with Gasteiger partial charge in [-0.2, -0.15) is 0 Å². The van der Waals surface area contributed by atoms with E-state index in [1.165, 1.54) is 25.3 Å². The van der Waals surface area contributed by atoms with Gasteiger partial charge in [-0.1, -0.05) is 6.42 Å². The second-order valence-electron chi connectivity index (χ2n) is 6.66. The molecule has 0 amide bonds. The van der Waals surface area contributed by atoms with Crippen LogP contribution in [0.5, 0.6) is 5.75 Å². The molecule has 2 atom stereocenters. The van der Waals surface area contributed by atoms with E-state index in [1.807, 2.05) is 0 Å². The van der Waals surface area contributed by atoms with Crippen LogP contribution in [-0.2, 0) is 0 Å². The van der Waals surface area contributed by atoms with Crippen molar-refractivity contribution in [3.05, 3.63) is 29.6 Å². The molecule has 1 saturated heterocycles. The first-order valence-corrected chi connectivity index (χ1v) is 8.01. The molecule has 1 aliphatic carbocycles. The summed E-state index contributed by atoms with van der Waals surface area (Å²) in [6, 6.07) is 5.04. The van der Waals surface area contributed by atoms with Gasteiger partial charge in [0.15, 0.2) is 0 Å². The molecule has 0 radical (unpaired) electrons. The Labute approximate surface area is 130 Å². The predicted molar refractivity (Wildman–Crippen MR) is 81.4 cm³/mol. The van der Waals surface area contributed by atoms with Crippen LogP contribution in [0.15, 0.2) is 18.2 Å². The predicted octanol–water partition coefficient (Wildman–Crippen LogP) is 1.86. The number of likely N-dealkylation sites (tertiary alicyclic amines) is 1. The fourth-order valence-electron chi connectivity index (χ4n) is 3.21. The summed E-state index contributed by atoms with van der Waals surface area (Å²) in [5.41, 5.74) is -0.763. The molecule has 2 aliphatic rings. The van der Waals surface area contributed by atoms with Crippen molar-refractivity contribution in [2.45, 2.75) is 50.4 Å². The molecule has 22 heavy (non-hydrogen) atoms. The molecular weight excluding hydrogens is 285 g/mol. The van der Waals surface area contributed by atoms with E-state index in [0.717, 1.165) is 6.54 Å². The number of hydrogen-bond donors (Lipinski definition) is 2. The zero-order valence-electron chi connectivity index (χ0n) is 13.0. The van der Waals surface area contributed by atoms with Crippen molar-refractivity contribution in [3.63, 3.8) is 0 Å². The van der Waals surface area contributed by atoms with Gasteiger partial charge in [0.2, 0.25) is 0 Å². The lowest BCUT2D eigenvalue weighted by Crippen LogP contribution is -2.62. The van der Waals surface area contributed by atoms with E-state index >= 15 is 0 Å². The fourth-order valence-corrected chi connectivity index (χ4v) is 3.21. The molecule has 1 saturated carbocycles. The minimum absolute atomic E-state index is 0.0163. The first-order valence-electron chi connectivity index (χ1n) is 8.01. The highest BCUT2D eigenvalue weighted by Gasteiger charge is 2.44. The first-order chi connectivity index (χ1) is 10.5. The van der Waals surface area contributed by atoms with Crippen LogP contribution in [0.25, 0.3) is 0 Å². The highest BCUT2D eigenvalue weighted by Crippen LogP contribution is 2.31. The van der Waals surface area contributed by atoms with Crippen molar-refractivity contribution < 1.29 is 19.3 Å². The third kappa shape index (κ3) is 3.12. The van der Waals surface area contributed by atoms with E-state index in [0.29, 0.717) is 30.3 Å². The molecule has 122 valence electrons. The summed E-state index contributed by atoms with van der Waals surface area (Å²) in [6.45, 7) is 2.94. The number of piperidine rings is 1. The number of nitrogens with zero attached hydrogens (tertiary/aromatic N) is 1. The van der Waals surface area contributed by atoms with Crippen molar-refractivity contribution in [3.8, 4) is 5.75 Å². The number of aryl methyl sites for hydroxylation is 1. The molecule has 1 aliphatic heterocycles. The van der Waals surface area contributed by atoms with E-state index in [1.54, 1.807) is 19.1 Å². The van der Waals surface area contributed by atoms with Gasteiger partial charge in [0.1, 0.15) is 23.8 Å². The Balaban J connectivity index is 1.64. The normalized spacial score (nSPS) is 30.1. The second-order valence-corrected chi connectivity index (χ2v) is 6.66. The number of aliphatic hydroxyl groups excluding tert-OH is 1. The van der Waals surface area contributed by atoms with Gasteiger partial charge >= 0.3 is 0 Å². The molecule has 0 bridgehead atoms. The third-order valence-electron chi connectivity index (χ3n) is 5.00. The highest BCUT2D eigenvalue weighted by molar-refractivity contribution is 5.29. The van der Waals surface area contributed by atoms with Gasteiger partial charge in [-0.25, -0.2) is 4.39 Å². The van der Waals surface area contributed by atoms with Gasteiger partial charge in [-0.05, 0) is 49.9 Å². The summed E-state index contributed by atoms with van der Waals surface area (Å²) in [5.74, 6) is 0.236. The van der Waals surface area contributed by atoms with Gasteiger partial charge in [0.05, 0.1) is 6.10 Å². The van der Waals surface area contributed by atoms with Gasteiger partial charge < -0.3 is 14.9 Å². The lowest BCUT2D eigenvalue weighted by molar-refractivity contribution is -0.149. The van der Waals surface area contributed by atoms with Gasteiger partial charge in [-0.3, -0.25) is 4.90 Å². The molecule has 5 heteroatoms. The summed E-state index contributed by atoms with van der Waals surface area (Å²) in [7, 11) is 0. The molecule has 2 fully saturated rings. The average molecular weight is 309 g/mol. The number of aliphatic hydroxyl groups is 2. The monoisotopic (exact) mass is 309 g/mol. The lowest BCUT2D eigenvalue weighted by atomic mass is 9.85. The van der Waals surface area contributed by atoms with Crippen molar-refractivity contribution in [2.24, 2.45) is 0 Å². The van der Waals surface area contributed by atoms with Crippen LogP contribution in [0.4, 0.5) is 4.39 Å². The largest absolute Gasteiger partial charge is 0.490 e. The maximum absolute atomic E-state index is 13.3. The van der Waals surface area contributed by atoms with Crippen LogP contribution < -0.4 is 4.74 Å². The second kappa shape index (κ2) is 6.14. The molecule has 0 spiro atoms. The van der Waals surface area contributed by atoms with Crippen LogP contribution in [0.1, 0.15) is 31.2 Å². The standard InChI is InChI=1S/C17H24FNO3/c1-12-9-14(5-6-15(12)18)22-11-17(21)10-19(8-7-16(17)20)13-3-2-4-13/h5-6,9,13,16,20-21H,2-4,7-8,10-11H2,1H3/t16-,17-/m0/s1. The molecule has 1 aromatic carbocycles. The minimum atomic E-state index is -1.27. The van der Waals surface area contributed by atoms with E-state index < -0.39 is 11.7 Å². The summed E-state index contributed by atoms with van der Waals surface area (Å²) in [6.07, 6.45) is 3.35. The van der Waals surface area contributed by atoms with E-state index in [-0.39, 0.29) is 12.4 Å². The molecule has 0 unspecified atom stereocenters. The van der Waals surface area contributed by atoms with E-state index in [4.69, 9.17) is 4.74 Å². The van der Waals surface area contributed by atoms with Gasteiger partial charge in [-0.15, -0.1) is 0 Å². The topological polar surface area (TPSA) is 52.9 Å². The van der Waals surface area contributed by atoms with Crippen molar-refractivity contribution in [1.29, 1.82) is 0 Å². The molecule has 0 aromatic heterocycles. The number of rotatable bonds is 4. The molecular formula is C17H24FNO3. The molecule has 2 N–H and O–H groups in total. The number of hydrogen-bond acceptors (Lipinski definition) is 4. The summed E-state index contributed by atoms with van der Waals surface area (Å²) < 4.78 is 18.9. The Morgan fingerprint density at radius 3 is 2.77 bits per heavy atom. The maximum Gasteiger partial charge on any atom is 0.137 e. The van der Waals surface area contributed by atoms with Crippen molar-refractivity contribution in [2.75, 3.05) is 19.7 Å². The van der Waals surface area contributed by atoms with E-state index in [9.17, 15) is 14.6 Å². The van der Waals surface area contributed by atoms with Crippen molar-refractivity contribution >= 4 is 0 Å². The summed E-state index contributed by atoms with van der Waals surface area (Å²) >= 11 is 0. The highest BCUT2D eigenvalue weighted by atomic mass is 19.1. The molecule has 3 rings (SSSR count). The number of β-amino-alcohol motifs (C(OH)–C–C–N with tert-alkyl or cyclic N) is 1. The van der Waals surface area contributed by atoms with Gasteiger partial charge in [0, 0.05) is 19.1 Å². The molecule has 4 nitrogen and oxygen atoms in total. The third-order valence-corrected chi connectivity index (χ3v) is 5.00. The summed E-state index contributed by atoms with van der Waals surface area (Å²) in [4.78, 5) is 2.26. The smallest absolute Gasteiger partial charge is 0.137 e. The Morgan fingerprint density at radius 1 is 1.36 bits per heavy atom. The Morgan fingerprint density at radius 2 is 2.14 bits per heavy atom. The van der Waals surface area contributed by atoms with Crippen LogP contribution >= 0.6 is 0 Å². The van der Waals surface area contributed by atoms with Gasteiger partial charge in [0.25, 0.3) is 0 Å². The van der Waals surface area contributed by atoms with Crippen molar-refractivity contribution in [1.82, 2.24) is 4.90 Å². The van der Waals surface area contributed by atoms with Crippen LogP contribution in [0, 0.1) is 12.7 Å². The minimum Gasteiger partial charge on any atom is -0.490 e. The number of benzene rings is 1. The maximum atomic E-state index is 13.3. The van der Waals surface area contributed by atoms with Crippen LogP contribution in [0.2, 0.25) is 0 Å². The Hall–Kier alpha value is -1.17. The number of halogens is 1. The zero-order chi connectivity index (χ0) is 15.7. The fraction of sp³-hybridized carbons (Fsp3) is 0.647. The average Bonchev–Trinajstić information content (AvgIpc) is 2.43. The zero-order valence-corrected chi connectivity index (χ0v) is 13.0. The Bertz CT molecular complexity index is 535. The first kappa shape index (κ1) is 15.7. The van der Waals surface area contributed by atoms with E-state index in [2.05, 4.69) is 4.90 Å². The quantitative estimate of drug-likeness (QED) is 0.891. The van der Waals surface area contributed by atoms with Crippen LogP contribution in [-0.4, -0.2) is 52.6 Å².